The van der Waals surface area contributed by atoms with Crippen LogP contribution in [-0.4, -0.2) is 44.2 Å². The van der Waals surface area contributed by atoms with E-state index < -0.39 is 0 Å². The number of carbonyl (C=O) groups excluding carboxylic acids is 1. The van der Waals surface area contributed by atoms with Crippen molar-refractivity contribution in [3.63, 3.8) is 0 Å². The summed E-state index contributed by atoms with van der Waals surface area (Å²) in [6.07, 6.45) is 3.43. The third kappa shape index (κ3) is 3.71. The van der Waals surface area contributed by atoms with E-state index in [-0.39, 0.29) is 5.91 Å². The summed E-state index contributed by atoms with van der Waals surface area (Å²) in [4.78, 5) is 18.4. The van der Waals surface area contributed by atoms with E-state index in [0.29, 0.717) is 29.4 Å². The largest absolute Gasteiger partial charge is 0.496 e. The lowest BCUT2D eigenvalue weighted by Crippen LogP contribution is -2.26. The Kier molecular flexibility index (Phi) is 5.41. The van der Waals surface area contributed by atoms with Crippen LogP contribution in [-0.2, 0) is 6.54 Å². The van der Waals surface area contributed by atoms with Crippen LogP contribution in [0.3, 0.4) is 0 Å². The highest BCUT2D eigenvalue weighted by Crippen LogP contribution is 2.35. The number of rotatable bonds is 6. The minimum atomic E-state index is -0.174. The number of amides is 1. The van der Waals surface area contributed by atoms with Crippen LogP contribution in [0.1, 0.15) is 15.9 Å². The van der Waals surface area contributed by atoms with Gasteiger partial charge in [0.05, 0.1) is 26.9 Å². The first-order valence-electron chi connectivity index (χ1n) is 7.05. The Morgan fingerprint density at radius 3 is 2.30 bits per heavy atom. The van der Waals surface area contributed by atoms with E-state index in [9.17, 15) is 4.79 Å². The van der Waals surface area contributed by atoms with Crippen LogP contribution in [0.4, 0.5) is 0 Å². The second-order valence-electron chi connectivity index (χ2n) is 4.93. The number of aromatic nitrogens is 1. The van der Waals surface area contributed by atoms with Crippen molar-refractivity contribution < 1.29 is 19.0 Å². The quantitative estimate of drug-likeness (QED) is 0.819. The topological polar surface area (TPSA) is 60.9 Å². The number of carbonyl (C=O) groups is 1. The number of nitrogens with zero attached hydrogens (tertiary/aromatic N) is 2. The van der Waals surface area contributed by atoms with E-state index >= 15 is 0 Å². The average molecular weight is 316 g/mol. The van der Waals surface area contributed by atoms with Gasteiger partial charge in [-0.1, -0.05) is 6.07 Å². The molecular weight excluding hydrogens is 296 g/mol. The molecule has 0 N–H and O–H groups in total. The van der Waals surface area contributed by atoms with Gasteiger partial charge >= 0.3 is 0 Å². The van der Waals surface area contributed by atoms with Crippen LogP contribution in [0.15, 0.2) is 36.7 Å². The summed E-state index contributed by atoms with van der Waals surface area (Å²) < 4.78 is 15.8. The molecule has 2 rings (SSSR count). The van der Waals surface area contributed by atoms with Gasteiger partial charge in [-0.2, -0.15) is 0 Å². The predicted molar refractivity (Wildman–Crippen MR) is 86.1 cm³/mol. The van der Waals surface area contributed by atoms with Gasteiger partial charge in [-0.3, -0.25) is 9.78 Å². The number of pyridine rings is 1. The SMILES string of the molecule is COc1cc(OC)c(C(=O)N(C)Cc2cccnc2)cc1OC. The van der Waals surface area contributed by atoms with Gasteiger partial charge in [0.25, 0.3) is 5.91 Å². The normalized spacial score (nSPS) is 10.1. The number of benzene rings is 1. The summed E-state index contributed by atoms with van der Waals surface area (Å²) >= 11 is 0. The number of hydrogen-bond acceptors (Lipinski definition) is 5. The summed E-state index contributed by atoms with van der Waals surface area (Å²) in [5.74, 6) is 1.25. The molecular formula is C17H20N2O4. The molecule has 0 aliphatic rings. The zero-order valence-corrected chi connectivity index (χ0v) is 13.7. The summed E-state index contributed by atoms with van der Waals surface area (Å²) in [6, 6.07) is 7.02. The fourth-order valence-electron chi connectivity index (χ4n) is 2.24. The molecule has 0 saturated heterocycles. The van der Waals surface area contributed by atoms with Gasteiger partial charge in [0.2, 0.25) is 0 Å². The predicted octanol–water partition coefficient (Wildman–Crippen LogP) is 2.38. The van der Waals surface area contributed by atoms with Gasteiger partial charge in [-0.25, -0.2) is 0 Å². The monoisotopic (exact) mass is 316 g/mol. The van der Waals surface area contributed by atoms with E-state index in [0.717, 1.165) is 5.56 Å². The lowest BCUT2D eigenvalue weighted by atomic mass is 10.1. The summed E-state index contributed by atoms with van der Waals surface area (Å²) in [7, 11) is 6.30. The van der Waals surface area contributed by atoms with Crippen LogP contribution in [0.5, 0.6) is 17.2 Å². The minimum absolute atomic E-state index is 0.174. The van der Waals surface area contributed by atoms with Gasteiger partial charge in [0.15, 0.2) is 11.5 Å². The molecule has 0 unspecified atom stereocenters. The molecule has 0 radical (unpaired) electrons. The zero-order chi connectivity index (χ0) is 16.8. The Morgan fingerprint density at radius 2 is 1.74 bits per heavy atom. The lowest BCUT2D eigenvalue weighted by molar-refractivity contribution is 0.0781. The van der Waals surface area contributed by atoms with Gasteiger partial charge in [0.1, 0.15) is 5.75 Å². The smallest absolute Gasteiger partial charge is 0.257 e. The molecule has 0 spiro atoms. The molecule has 0 atom stereocenters. The van der Waals surface area contributed by atoms with Crippen molar-refractivity contribution in [1.82, 2.24) is 9.88 Å². The Hall–Kier alpha value is -2.76. The third-order valence-corrected chi connectivity index (χ3v) is 3.43. The number of methoxy groups -OCH3 is 3. The van der Waals surface area contributed by atoms with Crippen molar-refractivity contribution in [1.29, 1.82) is 0 Å². The fourth-order valence-corrected chi connectivity index (χ4v) is 2.24. The summed E-state index contributed by atoms with van der Waals surface area (Å²) in [6.45, 7) is 0.449. The molecule has 0 aliphatic heterocycles. The molecule has 6 nitrogen and oxygen atoms in total. The highest BCUT2D eigenvalue weighted by atomic mass is 16.5. The zero-order valence-electron chi connectivity index (χ0n) is 13.7. The van der Waals surface area contributed by atoms with Crippen LogP contribution in [0.25, 0.3) is 0 Å². The third-order valence-electron chi connectivity index (χ3n) is 3.43. The first kappa shape index (κ1) is 16.6. The molecule has 23 heavy (non-hydrogen) atoms. The number of hydrogen-bond donors (Lipinski definition) is 0. The molecule has 0 fully saturated rings. The lowest BCUT2D eigenvalue weighted by Gasteiger charge is -2.20. The number of ether oxygens (including phenoxy) is 3. The van der Waals surface area contributed by atoms with E-state index in [4.69, 9.17) is 14.2 Å². The Labute approximate surface area is 135 Å². The van der Waals surface area contributed by atoms with E-state index in [1.165, 1.54) is 21.3 Å². The van der Waals surface area contributed by atoms with Crippen molar-refractivity contribution in [2.75, 3.05) is 28.4 Å². The molecule has 0 saturated carbocycles. The Bertz CT molecular complexity index is 674. The minimum Gasteiger partial charge on any atom is -0.496 e. The molecule has 6 heteroatoms. The van der Waals surface area contributed by atoms with E-state index in [1.54, 1.807) is 36.5 Å². The van der Waals surface area contributed by atoms with Crippen LogP contribution < -0.4 is 14.2 Å². The molecule has 1 amide bonds. The maximum absolute atomic E-state index is 12.7. The highest BCUT2D eigenvalue weighted by molar-refractivity contribution is 5.97. The van der Waals surface area contributed by atoms with Gasteiger partial charge in [-0.15, -0.1) is 0 Å². The second-order valence-corrected chi connectivity index (χ2v) is 4.93. The Balaban J connectivity index is 2.30. The second kappa shape index (κ2) is 7.49. The Morgan fingerprint density at radius 1 is 1.09 bits per heavy atom. The van der Waals surface area contributed by atoms with Gasteiger partial charge in [0, 0.05) is 38.1 Å². The van der Waals surface area contributed by atoms with E-state index in [2.05, 4.69) is 4.98 Å². The molecule has 1 aromatic carbocycles. The van der Waals surface area contributed by atoms with Crippen molar-refractivity contribution in [2.45, 2.75) is 6.54 Å². The maximum atomic E-state index is 12.7. The summed E-state index contributed by atoms with van der Waals surface area (Å²) in [5.41, 5.74) is 1.36. The molecule has 122 valence electrons. The van der Waals surface area contributed by atoms with Crippen LogP contribution in [0.2, 0.25) is 0 Å². The molecule has 1 aromatic heterocycles. The molecule has 1 heterocycles. The van der Waals surface area contributed by atoms with Crippen LogP contribution in [0, 0.1) is 0 Å². The van der Waals surface area contributed by atoms with E-state index in [1.807, 2.05) is 12.1 Å². The van der Waals surface area contributed by atoms with Crippen molar-refractivity contribution >= 4 is 5.91 Å². The summed E-state index contributed by atoms with van der Waals surface area (Å²) in [5, 5.41) is 0. The standard InChI is InChI=1S/C17H20N2O4/c1-19(11-12-6-5-7-18-10-12)17(20)13-8-15(22-3)16(23-4)9-14(13)21-2/h5-10H,11H2,1-4H3. The van der Waals surface area contributed by atoms with Gasteiger partial charge < -0.3 is 19.1 Å². The molecule has 0 aliphatic carbocycles. The molecule has 2 aromatic rings. The first-order valence-corrected chi connectivity index (χ1v) is 7.05. The van der Waals surface area contributed by atoms with Crippen molar-refractivity contribution in [2.24, 2.45) is 0 Å². The van der Waals surface area contributed by atoms with Gasteiger partial charge in [-0.05, 0) is 11.6 Å². The maximum Gasteiger partial charge on any atom is 0.257 e. The van der Waals surface area contributed by atoms with Crippen molar-refractivity contribution in [3.05, 3.63) is 47.8 Å². The fraction of sp³-hybridized carbons (Fsp3) is 0.294. The van der Waals surface area contributed by atoms with Crippen molar-refractivity contribution in [3.8, 4) is 17.2 Å². The highest BCUT2D eigenvalue weighted by Gasteiger charge is 2.20. The van der Waals surface area contributed by atoms with Crippen LogP contribution >= 0.6 is 0 Å². The first-order chi connectivity index (χ1) is 11.1. The average Bonchev–Trinajstić information content (AvgIpc) is 2.60. The molecule has 0 bridgehead atoms.